The minimum Gasteiger partial charge on any atom is -0.396 e. The van der Waals surface area contributed by atoms with Crippen LogP contribution in [0.15, 0.2) is 91.0 Å². The predicted molar refractivity (Wildman–Crippen MR) is 156 cm³/mol. The highest BCUT2D eigenvalue weighted by molar-refractivity contribution is 6.99. The summed E-state index contributed by atoms with van der Waals surface area (Å²) in [4.78, 5) is 12.6. The zero-order chi connectivity index (χ0) is 27.9. The number of hydrogen-bond acceptors (Lipinski definition) is 5. The number of ether oxygens (including phenoxy) is 3. The van der Waals surface area contributed by atoms with Gasteiger partial charge >= 0.3 is 0 Å². The maximum absolute atomic E-state index is 12.6. The molecule has 2 fully saturated rings. The van der Waals surface area contributed by atoms with Crippen LogP contribution in [0.3, 0.4) is 0 Å². The summed E-state index contributed by atoms with van der Waals surface area (Å²) in [6.45, 7) is 6.87. The fraction of sp³-hybridized carbons (Fsp3) is 0.387. The molecule has 1 unspecified atom stereocenters. The monoisotopic (exact) mass is 584 g/mol. The summed E-state index contributed by atoms with van der Waals surface area (Å²) in [6.07, 6.45) is -2.32. The van der Waals surface area contributed by atoms with Crippen LogP contribution in [0.2, 0.25) is 5.04 Å². The van der Waals surface area contributed by atoms with Gasteiger partial charge in [-0.3, -0.25) is 4.79 Å². The number of carbonyl (C=O) groups is 1. The lowest BCUT2D eigenvalue weighted by Gasteiger charge is -2.50. The third-order valence-corrected chi connectivity index (χ3v) is 14.0. The number of hydrogen-bond donors (Lipinski definition) is 0. The van der Waals surface area contributed by atoms with Gasteiger partial charge in [0.1, 0.15) is 17.8 Å². The van der Waals surface area contributed by atoms with Gasteiger partial charge < -0.3 is 18.6 Å². The molecule has 1 spiro atoms. The second-order valence-electron chi connectivity index (χ2n) is 11.2. The molecule has 1 aliphatic carbocycles. The molecule has 0 N–H and O–H groups in total. The van der Waals surface area contributed by atoms with Crippen LogP contribution < -0.4 is 10.4 Å². The molecule has 1 saturated heterocycles. The summed E-state index contributed by atoms with van der Waals surface area (Å²) in [7, 11) is -1.49. The fourth-order valence-corrected chi connectivity index (χ4v) is 11.1. The van der Waals surface area contributed by atoms with Gasteiger partial charge in [0.15, 0.2) is 12.1 Å². The van der Waals surface area contributed by atoms with Crippen molar-refractivity contribution in [2.75, 3.05) is 7.11 Å². The van der Waals surface area contributed by atoms with Crippen molar-refractivity contribution >= 4 is 47.7 Å². The van der Waals surface area contributed by atoms with Gasteiger partial charge in [-0.2, -0.15) is 0 Å². The maximum atomic E-state index is 12.6. The normalized spacial score (nSPS) is 26.5. The summed E-state index contributed by atoms with van der Waals surface area (Å²) >= 11 is 13.4. The molecule has 5 rings (SSSR count). The number of benzene rings is 3. The van der Waals surface area contributed by atoms with Gasteiger partial charge in [-0.05, 0) is 21.0 Å². The highest BCUT2D eigenvalue weighted by Crippen LogP contribution is 2.58. The van der Waals surface area contributed by atoms with Crippen LogP contribution in [0.5, 0.6) is 0 Å². The summed E-state index contributed by atoms with van der Waals surface area (Å²) in [5, 5.41) is 1.91. The first-order chi connectivity index (χ1) is 18.6. The lowest BCUT2D eigenvalue weighted by Crippen LogP contribution is -2.72. The largest absolute Gasteiger partial charge is 0.396 e. The molecule has 39 heavy (non-hydrogen) atoms. The van der Waals surface area contributed by atoms with E-state index in [9.17, 15) is 4.79 Å². The third kappa shape index (κ3) is 4.70. The van der Waals surface area contributed by atoms with Crippen molar-refractivity contribution in [2.45, 2.75) is 67.3 Å². The quantitative estimate of drug-likeness (QED) is 0.262. The SMILES string of the molecule is CO[C@@H]1O[C@@]2(CC(=O)C2(Cl)Cl)[C@H](OCc2ccccc2)C1O[Si](c1ccccc1)(c1ccccc1)C(C)(C)C. The number of carbonyl (C=O) groups excluding carboxylic acids is 1. The zero-order valence-corrected chi connectivity index (χ0v) is 25.1. The topological polar surface area (TPSA) is 54.0 Å². The molecule has 0 amide bonds. The Morgan fingerprint density at radius 2 is 1.41 bits per heavy atom. The van der Waals surface area contributed by atoms with Crippen molar-refractivity contribution in [3.63, 3.8) is 0 Å². The lowest BCUT2D eigenvalue weighted by atomic mass is 9.73. The van der Waals surface area contributed by atoms with E-state index in [-0.39, 0.29) is 23.8 Å². The number of ketones is 1. The molecule has 206 valence electrons. The van der Waals surface area contributed by atoms with Crippen LogP contribution in [0.25, 0.3) is 0 Å². The van der Waals surface area contributed by atoms with E-state index >= 15 is 0 Å². The first-order valence-corrected chi connectivity index (χ1v) is 15.8. The Morgan fingerprint density at radius 1 is 0.897 bits per heavy atom. The molecule has 0 aromatic heterocycles. The number of halogens is 2. The molecule has 2 aliphatic rings. The van der Waals surface area contributed by atoms with E-state index in [1.54, 1.807) is 7.11 Å². The van der Waals surface area contributed by atoms with Crippen LogP contribution in [-0.2, 0) is 30.0 Å². The molecule has 3 aromatic carbocycles. The standard InChI is InChI=1S/C31H34Cl2O5Si/c1-29(2,3)39(23-16-10-6-11-17-23,24-18-12-7-13-19-24)38-26-27(36-21-22-14-8-5-9-15-22)30(37-28(26)35-4)20-25(34)31(30,32)33/h5-19,26-28H,20-21H2,1-4H3/t26?,27-,28-,30+/m1/s1. The van der Waals surface area contributed by atoms with Gasteiger partial charge in [-0.1, -0.05) is 135 Å². The highest BCUT2D eigenvalue weighted by atomic mass is 35.5. The Kier molecular flexibility index (Phi) is 7.85. The zero-order valence-electron chi connectivity index (χ0n) is 22.6. The number of Topliss-reactive ketones (excluding diaryl/α,β-unsaturated/α-hetero) is 1. The van der Waals surface area contributed by atoms with Crippen molar-refractivity contribution < 1.29 is 23.4 Å². The van der Waals surface area contributed by atoms with E-state index < -0.39 is 36.7 Å². The molecule has 0 radical (unpaired) electrons. The number of alkyl halides is 2. The molecule has 8 heteroatoms. The first-order valence-electron chi connectivity index (χ1n) is 13.1. The molecular formula is C31H34Cl2O5Si. The molecule has 3 aromatic rings. The van der Waals surface area contributed by atoms with E-state index in [0.717, 1.165) is 15.9 Å². The van der Waals surface area contributed by atoms with E-state index in [4.69, 9.17) is 41.8 Å². The van der Waals surface area contributed by atoms with Crippen LogP contribution in [0.1, 0.15) is 32.8 Å². The van der Waals surface area contributed by atoms with Gasteiger partial charge in [0.25, 0.3) is 8.32 Å². The fourth-order valence-electron chi connectivity index (χ4n) is 5.92. The smallest absolute Gasteiger partial charge is 0.261 e. The minimum absolute atomic E-state index is 0.0138. The Bertz CT molecular complexity index is 1240. The predicted octanol–water partition coefficient (Wildman–Crippen LogP) is 5.41. The molecule has 1 saturated carbocycles. The first kappa shape index (κ1) is 28.5. The maximum Gasteiger partial charge on any atom is 0.261 e. The average Bonchev–Trinajstić information content (AvgIpc) is 3.25. The summed E-state index contributed by atoms with van der Waals surface area (Å²) in [6, 6.07) is 30.5. The second kappa shape index (κ2) is 10.7. The average molecular weight is 586 g/mol. The molecule has 1 aliphatic heterocycles. The van der Waals surface area contributed by atoms with Crippen molar-refractivity contribution in [2.24, 2.45) is 0 Å². The van der Waals surface area contributed by atoms with E-state index in [2.05, 4.69) is 45.0 Å². The Morgan fingerprint density at radius 3 is 1.85 bits per heavy atom. The summed E-state index contributed by atoms with van der Waals surface area (Å²) in [5.41, 5.74) is -0.336. The third-order valence-electron chi connectivity index (χ3n) is 7.89. The minimum atomic E-state index is -3.05. The van der Waals surface area contributed by atoms with Crippen LogP contribution in [0.4, 0.5) is 0 Å². The lowest BCUT2D eigenvalue weighted by molar-refractivity contribution is -0.205. The van der Waals surface area contributed by atoms with Gasteiger partial charge in [-0.25, -0.2) is 0 Å². The number of rotatable bonds is 8. The number of methoxy groups -OCH3 is 1. The van der Waals surface area contributed by atoms with Gasteiger partial charge in [-0.15, -0.1) is 0 Å². The summed E-state index contributed by atoms with van der Waals surface area (Å²) in [5.74, 6) is -0.305. The van der Waals surface area contributed by atoms with E-state index in [0.29, 0.717) is 0 Å². The second-order valence-corrected chi connectivity index (χ2v) is 16.8. The molecule has 1 heterocycles. The van der Waals surface area contributed by atoms with Crippen molar-refractivity contribution in [1.82, 2.24) is 0 Å². The van der Waals surface area contributed by atoms with Crippen LogP contribution in [-0.4, -0.2) is 49.6 Å². The van der Waals surface area contributed by atoms with Crippen LogP contribution >= 0.6 is 23.2 Å². The Hall–Kier alpha value is -2.03. The molecule has 0 bridgehead atoms. The summed E-state index contributed by atoms with van der Waals surface area (Å²) < 4.78 is 24.5. The van der Waals surface area contributed by atoms with Crippen molar-refractivity contribution in [3.05, 3.63) is 96.6 Å². The van der Waals surface area contributed by atoms with Crippen molar-refractivity contribution in [1.29, 1.82) is 0 Å². The van der Waals surface area contributed by atoms with Crippen LogP contribution in [0, 0.1) is 0 Å². The van der Waals surface area contributed by atoms with Gasteiger partial charge in [0.05, 0.1) is 6.61 Å². The Balaban J connectivity index is 1.64. The van der Waals surface area contributed by atoms with Gasteiger partial charge in [0, 0.05) is 13.5 Å². The Labute approximate surface area is 241 Å². The van der Waals surface area contributed by atoms with E-state index in [1.807, 2.05) is 66.7 Å². The molecule has 5 nitrogen and oxygen atoms in total. The van der Waals surface area contributed by atoms with Crippen molar-refractivity contribution in [3.8, 4) is 0 Å². The van der Waals surface area contributed by atoms with Gasteiger partial charge in [0.2, 0.25) is 4.33 Å². The van der Waals surface area contributed by atoms with E-state index in [1.165, 1.54) is 0 Å². The highest BCUT2D eigenvalue weighted by Gasteiger charge is 2.76. The molecule has 4 atom stereocenters. The molecular weight excluding hydrogens is 551 g/mol.